The first-order chi connectivity index (χ1) is 9.85. The van der Waals surface area contributed by atoms with Crippen molar-refractivity contribution in [1.82, 2.24) is 4.98 Å². The standard InChI is InChI=1S/C13H12BrN3O2S2/c14-11-4-5-12(16-7-11)17-21(18,19)8-9-2-1-3-10(6-9)13(15)20/h1-7H,8H2,(H2,15,20)(H,16,17). The molecular weight excluding hydrogens is 374 g/mol. The van der Waals surface area contributed by atoms with E-state index in [9.17, 15) is 8.42 Å². The van der Waals surface area contributed by atoms with Crippen molar-refractivity contribution in [3.8, 4) is 0 Å². The summed E-state index contributed by atoms with van der Waals surface area (Å²) >= 11 is 8.12. The summed E-state index contributed by atoms with van der Waals surface area (Å²) in [6.07, 6.45) is 1.52. The molecule has 0 fully saturated rings. The number of pyridine rings is 1. The third-order valence-electron chi connectivity index (χ3n) is 2.56. The molecule has 0 aliphatic carbocycles. The molecule has 8 heteroatoms. The van der Waals surface area contributed by atoms with Gasteiger partial charge in [0.15, 0.2) is 0 Å². The Morgan fingerprint density at radius 3 is 2.71 bits per heavy atom. The minimum absolute atomic E-state index is 0.179. The van der Waals surface area contributed by atoms with E-state index in [0.717, 1.165) is 4.47 Å². The maximum Gasteiger partial charge on any atom is 0.238 e. The number of rotatable bonds is 5. The molecule has 2 rings (SSSR count). The van der Waals surface area contributed by atoms with Gasteiger partial charge in [0.2, 0.25) is 10.0 Å². The Morgan fingerprint density at radius 2 is 2.10 bits per heavy atom. The lowest BCUT2D eigenvalue weighted by atomic mass is 10.1. The molecule has 0 unspecified atom stereocenters. The van der Waals surface area contributed by atoms with Gasteiger partial charge < -0.3 is 5.73 Å². The SMILES string of the molecule is NC(=S)c1cccc(CS(=O)(=O)Nc2ccc(Br)cn2)c1. The molecule has 2 aromatic rings. The molecule has 0 saturated heterocycles. The molecule has 3 N–H and O–H groups in total. The number of nitrogens with zero attached hydrogens (tertiary/aromatic N) is 1. The van der Waals surface area contributed by atoms with Gasteiger partial charge in [0, 0.05) is 16.2 Å². The second-order valence-electron chi connectivity index (χ2n) is 4.29. The van der Waals surface area contributed by atoms with Gasteiger partial charge in [-0.05, 0) is 39.7 Å². The molecule has 0 aliphatic heterocycles. The molecule has 1 aromatic heterocycles. The largest absolute Gasteiger partial charge is 0.389 e. The number of nitrogens with one attached hydrogen (secondary N) is 1. The van der Waals surface area contributed by atoms with Crippen molar-refractivity contribution in [2.75, 3.05) is 4.72 Å². The maximum atomic E-state index is 12.1. The maximum absolute atomic E-state index is 12.1. The molecule has 5 nitrogen and oxygen atoms in total. The van der Waals surface area contributed by atoms with E-state index in [2.05, 4.69) is 25.6 Å². The zero-order valence-corrected chi connectivity index (χ0v) is 14.0. The molecule has 1 aromatic carbocycles. The number of aromatic nitrogens is 1. The van der Waals surface area contributed by atoms with E-state index < -0.39 is 10.0 Å². The van der Waals surface area contributed by atoms with Crippen LogP contribution in [0.5, 0.6) is 0 Å². The lowest BCUT2D eigenvalue weighted by molar-refractivity contribution is 0.600. The fourth-order valence-electron chi connectivity index (χ4n) is 1.67. The second-order valence-corrected chi connectivity index (χ2v) is 7.37. The van der Waals surface area contributed by atoms with Crippen LogP contribution in [0.2, 0.25) is 0 Å². The molecule has 0 atom stereocenters. The molecule has 1 heterocycles. The quantitative estimate of drug-likeness (QED) is 0.771. The number of halogens is 1. The first-order valence-electron chi connectivity index (χ1n) is 5.86. The van der Waals surface area contributed by atoms with Gasteiger partial charge in [-0.25, -0.2) is 13.4 Å². The van der Waals surface area contributed by atoms with E-state index >= 15 is 0 Å². The van der Waals surface area contributed by atoms with Crippen molar-refractivity contribution in [1.29, 1.82) is 0 Å². The van der Waals surface area contributed by atoms with Crippen molar-refractivity contribution >= 4 is 49.0 Å². The number of thiocarbonyl (C=S) groups is 1. The minimum atomic E-state index is -3.55. The summed E-state index contributed by atoms with van der Waals surface area (Å²) in [6, 6.07) is 10.1. The fraction of sp³-hybridized carbons (Fsp3) is 0.0769. The number of sulfonamides is 1. The van der Waals surface area contributed by atoms with Gasteiger partial charge in [0.05, 0.1) is 5.75 Å². The highest BCUT2D eigenvalue weighted by Crippen LogP contribution is 2.14. The van der Waals surface area contributed by atoms with Crippen LogP contribution in [0.25, 0.3) is 0 Å². The summed E-state index contributed by atoms with van der Waals surface area (Å²) < 4.78 is 27.4. The highest BCUT2D eigenvalue weighted by Gasteiger charge is 2.13. The molecule has 0 saturated carbocycles. The van der Waals surface area contributed by atoms with E-state index in [1.165, 1.54) is 6.20 Å². The average molecular weight is 386 g/mol. The third-order valence-corrected chi connectivity index (χ3v) is 4.49. The van der Waals surface area contributed by atoms with Crippen LogP contribution in [0.15, 0.2) is 47.1 Å². The van der Waals surface area contributed by atoms with Crippen LogP contribution >= 0.6 is 28.1 Å². The number of hydrogen-bond acceptors (Lipinski definition) is 4. The van der Waals surface area contributed by atoms with Crippen LogP contribution in [-0.2, 0) is 15.8 Å². The summed E-state index contributed by atoms with van der Waals surface area (Å²) in [6.45, 7) is 0. The monoisotopic (exact) mass is 385 g/mol. The Morgan fingerprint density at radius 1 is 1.33 bits per heavy atom. The van der Waals surface area contributed by atoms with Gasteiger partial charge in [0.25, 0.3) is 0 Å². The number of benzene rings is 1. The van der Waals surface area contributed by atoms with E-state index in [1.807, 2.05) is 0 Å². The fourth-order valence-corrected chi connectivity index (χ4v) is 3.16. The topological polar surface area (TPSA) is 85.1 Å². The summed E-state index contributed by atoms with van der Waals surface area (Å²) in [7, 11) is -3.55. The van der Waals surface area contributed by atoms with E-state index in [0.29, 0.717) is 11.1 Å². The first-order valence-corrected chi connectivity index (χ1v) is 8.72. The van der Waals surface area contributed by atoms with Crippen molar-refractivity contribution in [3.63, 3.8) is 0 Å². The highest BCUT2D eigenvalue weighted by molar-refractivity contribution is 9.10. The van der Waals surface area contributed by atoms with Crippen LogP contribution in [0.3, 0.4) is 0 Å². The van der Waals surface area contributed by atoms with Crippen LogP contribution in [0.1, 0.15) is 11.1 Å². The van der Waals surface area contributed by atoms with Gasteiger partial charge >= 0.3 is 0 Å². The zero-order valence-electron chi connectivity index (χ0n) is 10.8. The molecule has 0 aliphatic rings. The Labute approximate surface area is 136 Å². The summed E-state index contributed by atoms with van der Waals surface area (Å²) in [5, 5.41) is 0. The zero-order chi connectivity index (χ0) is 15.5. The Kier molecular flexibility index (Phi) is 4.92. The predicted octanol–water partition coefficient (Wildman–Crippen LogP) is 2.42. The second kappa shape index (κ2) is 6.50. The lowest BCUT2D eigenvalue weighted by Gasteiger charge is -2.08. The van der Waals surface area contributed by atoms with Crippen LogP contribution < -0.4 is 10.5 Å². The Hall–Kier alpha value is -1.51. The van der Waals surface area contributed by atoms with Crippen molar-refractivity contribution in [2.24, 2.45) is 5.73 Å². The van der Waals surface area contributed by atoms with Crippen LogP contribution in [0.4, 0.5) is 5.82 Å². The Bertz CT molecular complexity index is 761. The van der Waals surface area contributed by atoms with E-state index in [4.69, 9.17) is 18.0 Å². The van der Waals surface area contributed by atoms with Gasteiger partial charge in [-0.15, -0.1) is 0 Å². The summed E-state index contributed by atoms with van der Waals surface area (Å²) in [5.74, 6) is 0.0879. The summed E-state index contributed by atoms with van der Waals surface area (Å²) in [4.78, 5) is 4.21. The number of hydrogen-bond donors (Lipinski definition) is 2. The average Bonchev–Trinajstić information content (AvgIpc) is 2.41. The van der Waals surface area contributed by atoms with Crippen molar-refractivity contribution < 1.29 is 8.42 Å². The van der Waals surface area contributed by atoms with Crippen LogP contribution in [0, 0.1) is 0 Å². The molecule has 110 valence electrons. The van der Waals surface area contributed by atoms with E-state index in [1.54, 1.807) is 36.4 Å². The summed E-state index contributed by atoms with van der Waals surface area (Å²) in [5.41, 5.74) is 6.78. The van der Waals surface area contributed by atoms with E-state index in [-0.39, 0.29) is 16.6 Å². The smallest absolute Gasteiger partial charge is 0.238 e. The number of nitrogens with two attached hydrogens (primary N) is 1. The predicted molar refractivity (Wildman–Crippen MR) is 90.5 cm³/mol. The molecule has 0 spiro atoms. The third kappa shape index (κ3) is 4.76. The van der Waals surface area contributed by atoms with Gasteiger partial charge in [-0.3, -0.25) is 4.72 Å². The molecule has 21 heavy (non-hydrogen) atoms. The van der Waals surface area contributed by atoms with Gasteiger partial charge in [-0.1, -0.05) is 30.4 Å². The molecule has 0 radical (unpaired) electrons. The first kappa shape index (κ1) is 15.9. The molecule has 0 bridgehead atoms. The number of anilines is 1. The normalized spacial score (nSPS) is 11.1. The Balaban J connectivity index is 2.15. The van der Waals surface area contributed by atoms with Crippen molar-refractivity contribution in [3.05, 3.63) is 58.2 Å². The lowest BCUT2D eigenvalue weighted by Crippen LogP contribution is -2.16. The molecule has 0 amide bonds. The van der Waals surface area contributed by atoms with Gasteiger partial charge in [0.1, 0.15) is 10.8 Å². The van der Waals surface area contributed by atoms with Crippen molar-refractivity contribution in [2.45, 2.75) is 5.75 Å². The van der Waals surface area contributed by atoms with Gasteiger partial charge in [-0.2, -0.15) is 0 Å². The van der Waals surface area contributed by atoms with Crippen LogP contribution in [-0.4, -0.2) is 18.4 Å². The minimum Gasteiger partial charge on any atom is -0.389 e. The highest BCUT2D eigenvalue weighted by atomic mass is 79.9. The molecular formula is C13H12BrN3O2S2.